The number of ether oxygens (including phenoxy) is 2. The smallest absolute Gasteiger partial charge is 0.420 e. The highest BCUT2D eigenvalue weighted by Gasteiger charge is 2.35. The molecule has 0 saturated carbocycles. The largest absolute Gasteiger partial charge is 0.481 e. The van der Waals surface area contributed by atoms with Gasteiger partial charge in [0.15, 0.2) is 23.0 Å². The molecule has 0 radical (unpaired) electrons. The maximum absolute atomic E-state index is 13.9. The Hall–Kier alpha value is -2.75. The molecule has 0 spiro atoms. The van der Waals surface area contributed by atoms with Crippen molar-refractivity contribution in [1.29, 1.82) is 0 Å². The van der Waals surface area contributed by atoms with E-state index in [0.29, 0.717) is 12.7 Å². The van der Waals surface area contributed by atoms with Crippen LogP contribution in [0.25, 0.3) is 5.65 Å². The molecule has 0 aliphatic carbocycles. The van der Waals surface area contributed by atoms with E-state index in [-0.39, 0.29) is 23.9 Å². The van der Waals surface area contributed by atoms with E-state index in [0.717, 1.165) is 18.2 Å². The van der Waals surface area contributed by atoms with Gasteiger partial charge in [0, 0.05) is 12.7 Å². The third-order valence-electron chi connectivity index (χ3n) is 4.00. The van der Waals surface area contributed by atoms with Crippen LogP contribution in [0.5, 0.6) is 5.75 Å². The summed E-state index contributed by atoms with van der Waals surface area (Å²) in [6.07, 6.45) is -5.52. The molecule has 1 aromatic carbocycles. The van der Waals surface area contributed by atoms with E-state index in [1.165, 1.54) is 17.4 Å². The average Bonchev–Trinajstić information content (AvgIpc) is 3.04. The minimum atomic E-state index is -4.64. The molecule has 0 aliphatic heterocycles. The summed E-state index contributed by atoms with van der Waals surface area (Å²) < 4.78 is 78.9. The first-order valence-electron chi connectivity index (χ1n) is 8.36. The van der Waals surface area contributed by atoms with Crippen LogP contribution in [0.4, 0.5) is 22.0 Å². The van der Waals surface area contributed by atoms with E-state index in [4.69, 9.17) is 9.47 Å². The van der Waals surface area contributed by atoms with Gasteiger partial charge in [-0.1, -0.05) is 0 Å². The zero-order valence-corrected chi connectivity index (χ0v) is 14.9. The van der Waals surface area contributed by atoms with Crippen LogP contribution in [0.2, 0.25) is 0 Å². The Balaban J connectivity index is 2.07. The molecule has 0 aliphatic rings. The number of benzene rings is 1. The molecule has 0 unspecified atom stereocenters. The molecule has 0 amide bonds. The first-order chi connectivity index (χ1) is 13.2. The Labute approximate surface area is 156 Å². The van der Waals surface area contributed by atoms with Gasteiger partial charge in [-0.25, -0.2) is 8.78 Å². The van der Waals surface area contributed by atoms with Crippen molar-refractivity contribution < 1.29 is 31.4 Å². The quantitative estimate of drug-likeness (QED) is 0.562. The average molecular weight is 401 g/mol. The summed E-state index contributed by atoms with van der Waals surface area (Å²) in [5, 5.41) is 7.45. The Bertz CT molecular complexity index is 987. The minimum absolute atomic E-state index is 0.0659. The monoisotopic (exact) mass is 401 g/mol. The highest BCUT2D eigenvalue weighted by Crippen LogP contribution is 2.34. The number of halogens is 5. The lowest BCUT2D eigenvalue weighted by Gasteiger charge is -2.19. The number of hydrogen-bond acceptors (Lipinski definition) is 4. The lowest BCUT2D eigenvalue weighted by atomic mass is 10.1. The number of aromatic nitrogens is 3. The summed E-state index contributed by atoms with van der Waals surface area (Å²) in [6.45, 7) is 3.52. The molecule has 0 saturated heterocycles. The third kappa shape index (κ3) is 3.91. The molecule has 2 aromatic heterocycles. The fourth-order valence-electron chi connectivity index (χ4n) is 2.73. The molecule has 3 rings (SSSR count). The van der Waals surface area contributed by atoms with E-state index in [9.17, 15) is 22.0 Å². The van der Waals surface area contributed by atoms with E-state index >= 15 is 0 Å². The fourth-order valence-corrected chi connectivity index (χ4v) is 2.73. The highest BCUT2D eigenvalue weighted by molar-refractivity contribution is 5.51. The summed E-state index contributed by atoms with van der Waals surface area (Å²) in [4.78, 5) is 0. The van der Waals surface area contributed by atoms with Gasteiger partial charge in [0.2, 0.25) is 0 Å². The zero-order valence-electron chi connectivity index (χ0n) is 14.9. The molecule has 1 atom stereocenters. The van der Waals surface area contributed by atoms with Gasteiger partial charge in [0.1, 0.15) is 24.1 Å². The normalized spacial score (nSPS) is 13.1. The van der Waals surface area contributed by atoms with Crippen LogP contribution in [0.15, 0.2) is 30.3 Å². The Morgan fingerprint density at radius 3 is 2.50 bits per heavy atom. The molecule has 28 heavy (non-hydrogen) atoms. The Morgan fingerprint density at radius 2 is 1.86 bits per heavy atom. The molecular formula is C18H16F5N3O2. The van der Waals surface area contributed by atoms with Gasteiger partial charge in [0.25, 0.3) is 0 Å². The van der Waals surface area contributed by atoms with Crippen molar-refractivity contribution in [3.05, 3.63) is 59.0 Å². The van der Waals surface area contributed by atoms with Crippen LogP contribution < -0.4 is 4.74 Å². The number of alkyl halides is 3. The van der Waals surface area contributed by atoms with Gasteiger partial charge in [-0.2, -0.15) is 13.2 Å². The van der Waals surface area contributed by atoms with Gasteiger partial charge >= 0.3 is 6.18 Å². The maximum atomic E-state index is 13.9. The summed E-state index contributed by atoms with van der Waals surface area (Å²) in [6, 6.07) is 4.86. The van der Waals surface area contributed by atoms with Crippen molar-refractivity contribution in [2.45, 2.75) is 32.7 Å². The van der Waals surface area contributed by atoms with Crippen molar-refractivity contribution in [3.63, 3.8) is 0 Å². The second kappa shape index (κ2) is 7.70. The zero-order chi connectivity index (χ0) is 20.5. The van der Waals surface area contributed by atoms with Gasteiger partial charge < -0.3 is 9.47 Å². The summed E-state index contributed by atoms with van der Waals surface area (Å²) >= 11 is 0. The van der Waals surface area contributed by atoms with Crippen LogP contribution in [-0.4, -0.2) is 21.2 Å². The van der Waals surface area contributed by atoms with E-state index < -0.39 is 35.1 Å². The van der Waals surface area contributed by atoms with E-state index in [1.54, 1.807) is 6.92 Å². The van der Waals surface area contributed by atoms with Crippen LogP contribution in [0, 0.1) is 11.6 Å². The molecule has 3 aromatic rings. The van der Waals surface area contributed by atoms with Gasteiger partial charge in [0.05, 0.1) is 5.69 Å². The molecule has 5 nitrogen and oxygen atoms in total. The summed E-state index contributed by atoms with van der Waals surface area (Å²) in [7, 11) is 0. The van der Waals surface area contributed by atoms with Crippen LogP contribution in [0.3, 0.4) is 0 Å². The molecule has 0 bridgehead atoms. The van der Waals surface area contributed by atoms with Gasteiger partial charge in [-0.3, -0.25) is 4.40 Å². The van der Waals surface area contributed by atoms with Crippen molar-refractivity contribution in [2.75, 3.05) is 6.61 Å². The van der Waals surface area contributed by atoms with Gasteiger partial charge in [-0.05, 0) is 38.1 Å². The number of rotatable bonds is 6. The number of pyridine rings is 1. The summed E-state index contributed by atoms with van der Waals surface area (Å²) in [5.74, 6) is -1.78. The van der Waals surface area contributed by atoms with E-state index in [2.05, 4.69) is 10.2 Å². The molecule has 2 heterocycles. The second-order valence-corrected chi connectivity index (χ2v) is 5.92. The van der Waals surface area contributed by atoms with Crippen LogP contribution in [-0.2, 0) is 17.5 Å². The van der Waals surface area contributed by atoms with Gasteiger partial charge in [-0.15, -0.1) is 10.2 Å². The topological polar surface area (TPSA) is 48.7 Å². The third-order valence-corrected chi connectivity index (χ3v) is 4.00. The van der Waals surface area contributed by atoms with Crippen molar-refractivity contribution >= 4 is 5.65 Å². The number of nitrogens with zero attached hydrogens (tertiary/aromatic N) is 3. The highest BCUT2D eigenvalue weighted by atomic mass is 19.4. The van der Waals surface area contributed by atoms with Crippen molar-refractivity contribution in [1.82, 2.24) is 14.6 Å². The first kappa shape index (κ1) is 20.0. The molecule has 150 valence electrons. The lowest BCUT2D eigenvalue weighted by Crippen LogP contribution is -2.15. The minimum Gasteiger partial charge on any atom is -0.481 e. The Kier molecular flexibility index (Phi) is 5.50. The second-order valence-electron chi connectivity index (χ2n) is 5.92. The molecule has 0 fully saturated rings. The van der Waals surface area contributed by atoms with Crippen molar-refractivity contribution in [3.8, 4) is 5.75 Å². The molecule has 0 N–H and O–H groups in total. The number of fused-ring (bicyclic) bond motifs is 1. The predicted molar refractivity (Wildman–Crippen MR) is 88.7 cm³/mol. The molecule has 10 heteroatoms. The maximum Gasteiger partial charge on any atom is 0.420 e. The standard InChI is InChI=1S/C18H16F5N3O2/c1-3-27-9-16-24-25-17-12(18(21,22)23)5-6-14(26(16)17)10(2)28-15-7-4-11(19)8-13(15)20/h4-8,10H,3,9H2,1-2H3/t10-/m0/s1. The predicted octanol–water partition coefficient (Wildman–Crippen LogP) is 4.70. The fraction of sp³-hybridized carbons (Fsp3) is 0.333. The summed E-state index contributed by atoms with van der Waals surface area (Å²) in [5.41, 5.74) is -1.12. The van der Waals surface area contributed by atoms with Crippen molar-refractivity contribution in [2.24, 2.45) is 0 Å². The van der Waals surface area contributed by atoms with Crippen LogP contribution in [0.1, 0.15) is 37.0 Å². The SMILES string of the molecule is CCOCc1nnc2c(C(F)(F)F)ccc([C@H](C)Oc3ccc(F)cc3F)n12. The van der Waals surface area contributed by atoms with E-state index in [1.807, 2.05) is 0 Å². The van der Waals surface area contributed by atoms with Crippen LogP contribution >= 0.6 is 0 Å². The number of hydrogen-bond donors (Lipinski definition) is 0. The lowest BCUT2D eigenvalue weighted by molar-refractivity contribution is -0.136. The molecular weight excluding hydrogens is 385 g/mol. The Morgan fingerprint density at radius 1 is 1.11 bits per heavy atom. The first-order valence-corrected chi connectivity index (χ1v) is 8.36.